The Morgan fingerprint density at radius 1 is 1.33 bits per heavy atom. The number of nitrogens with two attached hydrogens (primary N) is 2. The molecule has 2 nitrogen and oxygen atoms in total. The van der Waals surface area contributed by atoms with Crippen molar-refractivity contribution in [3.05, 3.63) is 34.4 Å². The van der Waals surface area contributed by atoms with Crippen molar-refractivity contribution in [1.82, 2.24) is 0 Å². The van der Waals surface area contributed by atoms with Gasteiger partial charge in [0.05, 0.1) is 0 Å². The van der Waals surface area contributed by atoms with Crippen LogP contribution in [0.2, 0.25) is 0 Å². The predicted octanol–water partition coefficient (Wildman–Crippen LogP) is 1.45. The summed E-state index contributed by atoms with van der Waals surface area (Å²) in [7, 11) is 0. The number of hydrogen-bond donors (Lipinski definition) is 2. The molecule has 82 valence electrons. The Balaban J connectivity index is 2.41. The highest BCUT2D eigenvalue weighted by Gasteiger charge is 2.29. The molecule has 0 bridgehead atoms. The topological polar surface area (TPSA) is 52.0 Å². The van der Waals surface area contributed by atoms with Gasteiger partial charge < -0.3 is 11.5 Å². The molecule has 0 heterocycles. The summed E-state index contributed by atoms with van der Waals surface area (Å²) in [5.41, 5.74) is 17.5. The van der Waals surface area contributed by atoms with Gasteiger partial charge in [0.25, 0.3) is 0 Å². The first kappa shape index (κ1) is 10.7. The summed E-state index contributed by atoms with van der Waals surface area (Å²) < 4.78 is 0. The highest BCUT2D eigenvalue weighted by molar-refractivity contribution is 5.41. The van der Waals surface area contributed by atoms with Crippen LogP contribution in [0.5, 0.6) is 0 Å². The van der Waals surface area contributed by atoms with Crippen molar-refractivity contribution in [2.24, 2.45) is 11.5 Å². The SMILES string of the molecule is Cc1cc(C)c2c(c1)CC(N)(CN)CC2. The maximum Gasteiger partial charge on any atom is 0.0322 e. The third kappa shape index (κ3) is 1.92. The first-order valence-electron chi connectivity index (χ1n) is 5.62. The molecule has 0 aromatic heterocycles. The third-order valence-electron chi connectivity index (χ3n) is 3.53. The molecule has 4 N–H and O–H groups in total. The molecule has 1 aromatic rings. The van der Waals surface area contributed by atoms with Gasteiger partial charge in [0, 0.05) is 12.1 Å². The molecule has 1 aromatic carbocycles. The first-order valence-corrected chi connectivity index (χ1v) is 5.62. The van der Waals surface area contributed by atoms with E-state index < -0.39 is 0 Å². The van der Waals surface area contributed by atoms with Crippen molar-refractivity contribution in [3.63, 3.8) is 0 Å². The molecule has 0 amide bonds. The summed E-state index contributed by atoms with van der Waals surface area (Å²) in [6.45, 7) is 4.92. The summed E-state index contributed by atoms with van der Waals surface area (Å²) >= 11 is 0. The zero-order chi connectivity index (χ0) is 11.1. The van der Waals surface area contributed by atoms with Gasteiger partial charge in [-0.05, 0) is 49.8 Å². The van der Waals surface area contributed by atoms with Gasteiger partial charge in [0.1, 0.15) is 0 Å². The molecule has 0 saturated heterocycles. The van der Waals surface area contributed by atoms with E-state index in [1.54, 1.807) is 0 Å². The Hall–Kier alpha value is -0.860. The van der Waals surface area contributed by atoms with Gasteiger partial charge in [-0.3, -0.25) is 0 Å². The predicted molar refractivity (Wildman–Crippen MR) is 63.9 cm³/mol. The lowest BCUT2D eigenvalue weighted by molar-refractivity contribution is 0.381. The van der Waals surface area contributed by atoms with E-state index in [0.29, 0.717) is 6.54 Å². The smallest absolute Gasteiger partial charge is 0.0322 e. The maximum atomic E-state index is 6.25. The largest absolute Gasteiger partial charge is 0.329 e. The highest BCUT2D eigenvalue weighted by Crippen LogP contribution is 2.29. The zero-order valence-corrected chi connectivity index (χ0v) is 9.64. The van der Waals surface area contributed by atoms with Crippen LogP contribution < -0.4 is 11.5 Å². The van der Waals surface area contributed by atoms with Crippen LogP contribution in [0.15, 0.2) is 12.1 Å². The van der Waals surface area contributed by atoms with E-state index in [2.05, 4.69) is 26.0 Å². The molecular formula is C13H20N2. The van der Waals surface area contributed by atoms with Crippen LogP contribution in [0.1, 0.15) is 28.7 Å². The van der Waals surface area contributed by atoms with Crippen molar-refractivity contribution in [2.45, 2.75) is 38.6 Å². The second-order valence-corrected chi connectivity index (χ2v) is 4.96. The molecule has 1 atom stereocenters. The molecular weight excluding hydrogens is 184 g/mol. The highest BCUT2D eigenvalue weighted by atomic mass is 14.8. The number of rotatable bonds is 1. The average molecular weight is 204 g/mol. The number of benzene rings is 1. The van der Waals surface area contributed by atoms with Crippen molar-refractivity contribution in [3.8, 4) is 0 Å². The van der Waals surface area contributed by atoms with E-state index in [9.17, 15) is 0 Å². The summed E-state index contributed by atoms with van der Waals surface area (Å²) in [4.78, 5) is 0. The summed E-state index contributed by atoms with van der Waals surface area (Å²) in [5, 5.41) is 0. The fraction of sp³-hybridized carbons (Fsp3) is 0.538. The number of fused-ring (bicyclic) bond motifs is 1. The minimum atomic E-state index is -0.173. The molecule has 2 rings (SSSR count). The van der Waals surface area contributed by atoms with E-state index in [0.717, 1.165) is 19.3 Å². The number of hydrogen-bond acceptors (Lipinski definition) is 2. The Bertz CT molecular complexity index is 384. The minimum absolute atomic E-state index is 0.173. The van der Waals surface area contributed by atoms with Gasteiger partial charge in [0.2, 0.25) is 0 Å². The molecule has 1 aliphatic carbocycles. The Kier molecular flexibility index (Phi) is 2.57. The minimum Gasteiger partial charge on any atom is -0.329 e. The van der Waals surface area contributed by atoms with Crippen LogP contribution >= 0.6 is 0 Å². The van der Waals surface area contributed by atoms with Crippen LogP contribution in [-0.2, 0) is 12.8 Å². The lowest BCUT2D eigenvalue weighted by atomic mass is 9.77. The molecule has 2 heteroatoms. The van der Waals surface area contributed by atoms with Gasteiger partial charge in [-0.15, -0.1) is 0 Å². The van der Waals surface area contributed by atoms with E-state index in [1.165, 1.54) is 22.3 Å². The van der Waals surface area contributed by atoms with Gasteiger partial charge in [-0.1, -0.05) is 17.7 Å². The van der Waals surface area contributed by atoms with Crippen molar-refractivity contribution >= 4 is 0 Å². The van der Waals surface area contributed by atoms with Crippen LogP contribution in [0.4, 0.5) is 0 Å². The van der Waals surface area contributed by atoms with E-state index in [4.69, 9.17) is 11.5 Å². The summed E-state index contributed by atoms with van der Waals surface area (Å²) in [6, 6.07) is 4.52. The fourth-order valence-electron chi connectivity index (χ4n) is 2.62. The van der Waals surface area contributed by atoms with Crippen molar-refractivity contribution in [1.29, 1.82) is 0 Å². The fourth-order valence-corrected chi connectivity index (χ4v) is 2.62. The van der Waals surface area contributed by atoms with Gasteiger partial charge in [0.15, 0.2) is 0 Å². The molecule has 0 radical (unpaired) electrons. The molecule has 1 aliphatic rings. The maximum absolute atomic E-state index is 6.25. The zero-order valence-electron chi connectivity index (χ0n) is 9.64. The van der Waals surface area contributed by atoms with E-state index in [-0.39, 0.29) is 5.54 Å². The van der Waals surface area contributed by atoms with Crippen LogP contribution in [0, 0.1) is 13.8 Å². The van der Waals surface area contributed by atoms with E-state index in [1.807, 2.05) is 0 Å². The standard InChI is InChI=1S/C13H20N2/c1-9-5-10(2)12-3-4-13(15,8-14)7-11(12)6-9/h5-6H,3-4,7-8,14-15H2,1-2H3. The summed E-state index contributed by atoms with van der Waals surface area (Å²) in [5.74, 6) is 0. The van der Waals surface area contributed by atoms with E-state index >= 15 is 0 Å². The van der Waals surface area contributed by atoms with Crippen molar-refractivity contribution in [2.75, 3.05) is 6.54 Å². The Labute approximate surface area is 91.7 Å². The van der Waals surface area contributed by atoms with Crippen molar-refractivity contribution < 1.29 is 0 Å². The van der Waals surface area contributed by atoms with Crippen LogP contribution in [-0.4, -0.2) is 12.1 Å². The molecule has 0 saturated carbocycles. The van der Waals surface area contributed by atoms with Crippen LogP contribution in [0.3, 0.4) is 0 Å². The molecule has 0 fully saturated rings. The van der Waals surface area contributed by atoms with Gasteiger partial charge in [-0.2, -0.15) is 0 Å². The third-order valence-corrected chi connectivity index (χ3v) is 3.53. The molecule has 0 spiro atoms. The number of aryl methyl sites for hydroxylation is 2. The summed E-state index contributed by atoms with van der Waals surface area (Å²) in [6.07, 6.45) is 3.02. The molecule has 0 aliphatic heterocycles. The molecule has 1 unspecified atom stereocenters. The quantitative estimate of drug-likeness (QED) is 0.727. The van der Waals surface area contributed by atoms with Gasteiger partial charge in [-0.25, -0.2) is 0 Å². The molecule has 15 heavy (non-hydrogen) atoms. The monoisotopic (exact) mass is 204 g/mol. The second kappa shape index (κ2) is 3.62. The second-order valence-electron chi connectivity index (χ2n) is 4.96. The van der Waals surface area contributed by atoms with Gasteiger partial charge >= 0.3 is 0 Å². The Morgan fingerprint density at radius 3 is 2.73 bits per heavy atom. The lowest BCUT2D eigenvalue weighted by Gasteiger charge is -2.34. The average Bonchev–Trinajstić information content (AvgIpc) is 2.16. The first-order chi connectivity index (χ1) is 7.04. The Morgan fingerprint density at radius 2 is 2.07 bits per heavy atom. The normalized spacial score (nSPS) is 25.1. The van der Waals surface area contributed by atoms with Crippen LogP contribution in [0.25, 0.3) is 0 Å². The lowest BCUT2D eigenvalue weighted by Crippen LogP contribution is -2.51.